The Balaban J connectivity index is 1.53. The van der Waals surface area contributed by atoms with E-state index in [0.717, 1.165) is 43.2 Å². The molecular formula is C16H19N3O. The summed E-state index contributed by atoms with van der Waals surface area (Å²) in [5.41, 5.74) is 7.55. The van der Waals surface area contributed by atoms with Crippen LogP contribution in [0.4, 0.5) is 5.69 Å². The van der Waals surface area contributed by atoms with Crippen molar-refractivity contribution in [3.63, 3.8) is 0 Å². The van der Waals surface area contributed by atoms with Crippen LogP contribution in [0.25, 0.3) is 0 Å². The van der Waals surface area contributed by atoms with E-state index in [1.165, 1.54) is 0 Å². The maximum absolute atomic E-state index is 5.98. The average Bonchev–Trinajstić information content (AvgIpc) is 2.90. The predicted molar refractivity (Wildman–Crippen MR) is 79.4 cm³/mol. The van der Waals surface area contributed by atoms with Crippen molar-refractivity contribution >= 4 is 5.69 Å². The highest BCUT2D eigenvalue weighted by Crippen LogP contribution is 2.20. The van der Waals surface area contributed by atoms with Gasteiger partial charge in [0.25, 0.3) is 0 Å². The molecule has 0 spiro atoms. The van der Waals surface area contributed by atoms with Gasteiger partial charge in [0.1, 0.15) is 11.9 Å². The number of pyridine rings is 1. The van der Waals surface area contributed by atoms with Crippen LogP contribution in [0, 0.1) is 0 Å². The molecule has 1 atom stereocenters. The Morgan fingerprint density at radius 3 is 2.80 bits per heavy atom. The van der Waals surface area contributed by atoms with Crippen LogP contribution in [0.15, 0.2) is 48.7 Å². The molecule has 1 saturated heterocycles. The van der Waals surface area contributed by atoms with Crippen LogP contribution < -0.4 is 10.5 Å². The molecule has 20 heavy (non-hydrogen) atoms. The monoisotopic (exact) mass is 269 g/mol. The maximum atomic E-state index is 5.98. The Labute approximate surface area is 119 Å². The van der Waals surface area contributed by atoms with E-state index in [1.807, 2.05) is 42.6 Å². The zero-order valence-corrected chi connectivity index (χ0v) is 11.4. The summed E-state index contributed by atoms with van der Waals surface area (Å²) in [6, 6.07) is 13.6. The molecule has 0 radical (unpaired) electrons. The van der Waals surface area contributed by atoms with Crippen molar-refractivity contribution in [2.75, 3.05) is 18.8 Å². The Morgan fingerprint density at radius 1 is 1.20 bits per heavy atom. The highest BCUT2D eigenvalue weighted by molar-refractivity contribution is 5.41. The van der Waals surface area contributed by atoms with Gasteiger partial charge in [-0.05, 0) is 42.8 Å². The first-order chi connectivity index (χ1) is 9.79. The third-order valence-corrected chi connectivity index (χ3v) is 3.52. The van der Waals surface area contributed by atoms with Crippen molar-refractivity contribution in [2.24, 2.45) is 0 Å². The second-order valence-electron chi connectivity index (χ2n) is 5.15. The molecule has 0 bridgehead atoms. The van der Waals surface area contributed by atoms with E-state index in [2.05, 4.69) is 16.0 Å². The van der Waals surface area contributed by atoms with Gasteiger partial charge in [0.15, 0.2) is 0 Å². The van der Waals surface area contributed by atoms with Gasteiger partial charge >= 0.3 is 0 Å². The third-order valence-electron chi connectivity index (χ3n) is 3.52. The summed E-state index contributed by atoms with van der Waals surface area (Å²) in [6.45, 7) is 2.89. The van der Waals surface area contributed by atoms with Crippen LogP contribution >= 0.6 is 0 Å². The molecule has 2 heterocycles. The Hall–Kier alpha value is -2.07. The number of nitrogens with zero attached hydrogens (tertiary/aromatic N) is 2. The van der Waals surface area contributed by atoms with Crippen LogP contribution in [-0.2, 0) is 6.54 Å². The largest absolute Gasteiger partial charge is 0.489 e. The van der Waals surface area contributed by atoms with Crippen LogP contribution in [0.2, 0.25) is 0 Å². The lowest BCUT2D eigenvalue weighted by Gasteiger charge is -2.16. The number of hydrogen-bond acceptors (Lipinski definition) is 4. The van der Waals surface area contributed by atoms with Crippen molar-refractivity contribution in [3.8, 4) is 5.75 Å². The molecule has 2 N–H and O–H groups in total. The van der Waals surface area contributed by atoms with Gasteiger partial charge in [0.05, 0.1) is 5.69 Å². The SMILES string of the molecule is Nc1ccc(OC2CCN(Cc3ccccn3)C2)cc1. The number of aromatic nitrogens is 1. The molecule has 4 heteroatoms. The van der Waals surface area contributed by atoms with Gasteiger partial charge in [-0.1, -0.05) is 6.07 Å². The van der Waals surface area contributed by atoms with Gasteiger partial charge in [-0.15, -0.1) is 0 Å². The number of ether oxygens (including phenoxy) is 1. The van der Waals surface area contributed by atoms with E-state index in [4.69, 9.17) is 10.5 Å². The molecular weight excluding hydrogens is 250 g/mol. The molecule has 1 fully saturated rings. The summed E-state index contributed by atoms with van der Waals surface area (Å²) in [4.78, 5) is 6.74. The maximum Gasteiger partial charge on any atom is 0.119 e. The molecule has 1 aliphatic rings. The normalized spacial score (nSPS) is 19.1. The third kappa shape index (κ3) is 3.27. The second kappa shape index (κ2) is 5.92. The fourth-order valence-corrected chi connectivity index (χ4v) is 2.50. The minimum atomic E-state index is 0.252. The van der Waals surface area contributed by atoms with E-state index in [1.54, 1.807) is 0 Å². The first-order valence-corrected chi connectivity index (χ1v) is 6.94. The lowest BCUT2D eigenvalue weighted by atomic mass is 10.3. The fraction of sp³-hybridized carbons (Fsp3) is 0.312. The van der Waals surface area contributed by atoms with E-state index in [-0.39, 0.29) is 6.10 Å². The highest BCUT2D eigenvalue weighted by Gasteiger charge is 2.24. The zero-order chi connectivity index (χ0) is 13.8. The van der Waals surface area contributed by atoms with Gasteiger partial charge in [0.2, 0.25) is 0 Å². The van der Waals surface area contributed by atoms with E-state index < -0.39 is 0 Å². The van der Waals surface area contributed by atoms with E-state index in [9.17, 15) is 0 Å². The molecule has 0 saturated carbocycles. The smallest absolute Gasteiger partial charge is 0.119 e. The van der Waals surface area contributed by atoms with Gasteiger partial charge in [-0.2, -0.15) is 0 Å². The minimum absolute atomic E-state index is 0.252. The number of nitrogen functional groups attached to an aromatic ring is 1. The first kappa shape index (κ1) is 12.9. The average molecular weight is 269 g/mol. The number of likely N-dealkylation sites (tertiary alicyclic amines) is 1. The summed E-state index contributed by atoms with van der Waals surface area (Å²) in [6.07, 6.45) is 3.15. The van der Waals surface area contributed by atoms with Crippen molar-refractivity contribution in [1.82, 2.24) is 9.88 Å². The number of rotatable bonds is 4. The van der Waals surface area contributed by atoms with E-state index >= 15 is 0 Å². The molecule has 1 unspecified atom stereocenters. The Kier molecular flexibility index (Phi) is 3.83. The van der Waals surface area contributed by atoms with Gasteiger partial charge in [-0.25, -0.2) is 0 Å². The molecule has 104 valence electrons. The second-order valence-corrected chi connectivity index (χ2v) is 5.15. The summed E-state index contributed by atoms with van der Waals surface area (Å²) >= 11 is 0. The minimum Gasteiger partial charge on any atom is -0.489 e. The van der Waals surface area contributed by atoms with Crippen molar-refractivity contribution in [1.29, 1.82) is 0 Å². The molecule has 0 amide bonds. The molecule has 2 aromatic rings. The molecule has 3 rings (SSSR count). The van der Waals surface area contributed by atoms with Crippen molar-refractivity contribution in [3.05, 3.63) is 54.4 Å². The van der Waals surface area contributed by atoms with E-state index in [0.29, 0.717) is 0 Å². The topological polar surface area (TPSA) is 51.4 Å². The van der Waals surface area contributed by atoms with Crippen LogP contribution in [-0.4, -0.2) is 29.1 Å². The Morgan fingerprint density at radius 2 is 2.05 bits per heavy atom. The van der Waals surface area contributed by atoms with Crippen LogP contribution in [0.5, 0.6) is 5.75 Å². The van der Waals surface area contributed by atoms with Gasteiger partial charge < -0.3 is 10.5 Å². The van der Waals surface area contributed by atoms with Crippen LogP contribution in [0.1, 0.15) is 12.1 Å². The quantitative estimate of drug-likeness (QED) is 0.865. The highest BCUT2D eigenvalue weighted by atomic mass is 16.5. The Bertz CT molecular complexity index is 541. The summed E-state index contributed by atoms with van der Waals surface area (Å²) in [7, 11) is 0. The standard InChI is InChI=1S/C16H19N3O/c17-13-4-6-15(7-5-13)20-16-8-10-19(12-16)11-14-3-1-2-9-18-14/h1-7,9,16H,8,10-12,17H2. The lowest BCUT2D eigenvalue weighted by Crippen LogP contribution is -2.24. The van der Waals surface area contributed by atoms with Crippen molar-refractivity contribution < 1.29 is 4.74 Å². The number of anilines is 1. The van der Waals surface area contributed by atoms with Crippen LogP contribution in [0.3, 0.4) is 0 Å². The zero-order valence-electron chi connectivity index (χ0n) is 11.4. The summed E-state index contributed by atoms with van der Waals surface area (Å²) in [5, 5.41) is 0. The number of nitrogens with two attached hydrogens (primary N) is 1. The fourth-order valence-electron chi connectivity index (χ4n) is 2.50. The summed E-state index contributed by atoms with van der Waals surface area (Å²) < 4.78 is 5.98. The predicted octanol–water partition coefficient (Wildman–Crippen LogP) is 2.32. The molecule has 0 aliphatic carbocycles. The first-order valence-electron chi connectivity index (χ1n) is 6.94. The van der Waals surface area contributed by atoms with Gasteiger partial charge in [-0.3, -0.25) is 9.88 Å². The molecule has 1 aromatic carbocycles. The molecule has 1 aliphatic heterocycles. The molecule has 4 nitrogen and oxygen atoms in total. The van der Waals surface area contributed by atoms with Crippen molar-refractivity contribution in [2.45, 2.75) is 19.1 Å². The van der Waals surface area contributed by atoms with Gasteiger partial charge in [0, 0.05) is 31.5 Å². The lowest BCUT2D eigenvalue weighted by molar-refractivity contribution is 0.198. The molecule has 1 aromatic heterocycles. The summed E-state index contributed by atoms with van der Waals surface area (Å²) in [5.74, 6) is 0.892. The number of benzene rings is 1. The number of hydrogen-bond donors (Lipinski definition) is 1.